The molecular weight excluding hydrogens is 953 g/mol. The lowest BCUT2D eigenvalue weighted by atomic mass is 9.92. The summed E-state index contributed by atoms with van der Waals surface area (Å²) >= 11 is 0. The fourth-order valence-corrected chi connectivity index (χ4v) is 8.46. The van der Waals surface area contributed by atoms with Crippen LogP contribution in [0.5, 0.6) is 23.0 Å². The standard InChI is InChI=1S/C54H62N8O12/c1-31(58-51(69)42(55)26-34-24-40(35-13-19-38(73-2)20-14-35)48(66)41(25-34)36-15-21-39(74-3)22-16-36)50(68)60-43(27-32-8-5-4-6-9-32)52(70)57-29-47(65)59-44(28-33-11-17-37(64)18-12-33)54(72)62-23-7-10-46(62)53(71)61-45(30-63)49(56)67/h4-6,8-9,11-22,24-25,31,42-46,63-64,66H,7,10,23,26-30,55H2,1-3H3,(H2,56,67)(H,57,70)(H,58,69)(H,59,65)(H,60,68)(H,61,71)/t31-,42+,43+,44+,45+,46+/m1/s1. The second-order valence-corrected chi connectivity index (χ2v) is 17.8. The molecule has 0 unspecified atom stereocenters. The van der Waals surface area contributed by atoms with Gasteiger partial charge < -0.3 is 67.7 Å². The molecule has 6 rings (SSSR count). The molecule has 0 aliphatic carbocycles. The SMILES string of the molecule is COc1ccc(-c2cc(C[C@H](N)C(=O)N[C@H](C)C(=O)N[C@@H](Cc3ccccc3)C(=O)NCC(=O)N[C@@H](Cc3ccc(O)cc3)C(=O)N3CCC[C@H]3C(=O)N[C@@H](CO)C(N)=O)cc(-c3ccc(OC)cc3)c2O)cc1. The van der Waals surface area contributed by atoms with Crippen molar-refractivity contribution in [3.63, 3.8) is 0 Å². The van der Waals surface area contributed by atoms with Crippen molar-refractivity contribution >= 4 is 41.4 Å². The number of aliphatic hydroxyl groups is 1. The van der Waals surface area contributed by atoms with Gasteiger partial charge in [0.25, 0.3) is 0 Å². The predicted octanol–water partition coefficient (Wildman–Crippen LogP) is 1.35. The van der Waals surface area contributed by atoms with E-state index in [0.29, 0.717) is 56.9 Å². The summed E-state index contributed by atoms with van der Waals surface area (Å²) in [5.41, 5.74) is 15.9. The fourth-order valence-electron chi connectivity index (χ4n) is 8.46. The van der Waals surface area contributed by atoms with Crippen LogP contribution in [-0.4, -0.2) is 132 Å². The molecule has 0 saturated carbocycles. The Morgan fingerprint density at radius 3 is 1.78 bits per heavy atom. The summed E-state index contributed by atoms with van der Waals surface area (Å²) in [6, 6.07) is 25.1. The van der Waals surface area contributed by atoms with Gasteiger partial charge in [0.05, 0.1) is 33.4 Å². The molecule has 6 atom stereocenters. The summed E-state index contributed by atoms with van der Waals surface area (Å²) < 4.78 is 10.6. The molecule has 0 bridgehead atoms. The topological polar surface area (TPSA) is 314 Å². The van der Waals surface area contributed by atoms with Gasteiger partial charge in [-0.15, -0.1) is 0 Å². The summed E-state index contributed by atoms with van der Waals surface area (Å²) in [4.78, 5) is 95.2. The lowest BCUT2D eigenvalue weighted by Gasteiger charge is -2.29. The van der Waals surface area contributed by atoms with Crippen LogP contribution in [0, 0.1) is 0 Å². The van der Waals surface area contributed by atoms with E-state index in [4.69, 9.17) is 20.9 Å². The predicted molar refractivity (Wildman–Crippen MR) is 273 cm³/mol. The zero-order chi connectivity index (χ0) is 53.5. The van der Waals surface area contributed by atoms with Gasteiger partial charge in [0.15, 0.2) is 0 Å². The van der Waals surface area contributed by atoms with Crippen LogP contribution in [0.1, 0.15) is 36.5 Å². The van der Waals surface area contributed by atoms with Gasteiger partial charge in [-0.25, -0.2) is 0 Å². The Morgan fingerprint density at radius 2 is 1.23 bits per heavy atom. The maximum absolute atomic E-state index is 14.1. The average Bonchev–Trinajstić information content (AvgIpc) is 3.90. The number of hydrogen-bond acceptors (Lipinski definition) is 13. The molecule has 0 radical (unpaired) electrons. The van der Waals surface area contributed by atoms with Crippen molar-refractivity contribution < 1.29 is 58.4 Å². The van der Waals surface area contributed by atoms with E-state index in [2.05, 4.69) is 26.6 Å². The van der Waals surface area contributed by atoms with Crippen molar-refractivity contribution in [1.29, 1.82) is 0 Å². The molecule has 0 spiro atoms. The molecule has 1 heterocycles. The Balaban J connectivity index is 1.12. The van der Waals surface area contributed by atoms with E-state index in [1.165, 1.54) is 24.0 Å². The Kier molecular flexibility index (Phi) is 19.1. The normalized spacial score (nSPS) is 15.0. The molecular formula is C54H62N8O12. The minimum atomic E-state index is -1.38. The number of benzene rings is 5. The van der Waals surface area contributed by atoms with Crippen LogP contribution in [0.15, 0.2) is 115 Å². The molecule has 1 fully saturated rings. The Labute approximate surface area is 427 Å². The van der Waals surface area contributed by atoms with Crippen LogP contribution < -0.4 is 47.5 Å². The Hall–Kier alpha value is -8.49. The first-order valence-electron chi connectivity index (χ1n) is 23.9. The van der Waals surface area contributed by atoms with Gasteiger partial charge >= 0.3 is 0 Å². The second-order valence-electron chi connectivity index (χ2n) is 17.8. The van der Waals surface area contributed by atoms with E-state index in [-0.39, 0.29) is 43.7 Å². The third-order valence-electron chi connectivity index (χ3n) is 12.5. The number of likely N-dealkylation sites (tertiary alicyclic amines) is 1. The number of phenols is 2. The van der Waals surface area contributed by atoms with Gasteiger partial charge in [-0.3, -0.25) is 33.6 Å². The zero-order valence-corrected chi connectivity index (χ0v) is 41.2. The minimum Gasteiger partial charge on any atom is -0.508 e. The number of rotatable bonds is 23. The number of carbonyl (C=O) groups is 7. The van der Waals surface area contributed by atoms with E-state index in [9.17, 15) is 48.9 Å². The average molecular weight is 1020 g/mol. The number of phenolic OH excluding ortho intramolecular Hbond substituents is 2. The van der Waals surface area contributed by atoms with Gasteiger partial charge in [0, 0.05) is 30.5 Å². The van der Waals surface area contributed by atoms with Crippen LogP contribution in [0.4, 0.5) is 0 Å². The highest BCUT2D eigenvalue weighted by Crippen LogP contribution is 2.40. The van der Waals surface area contributed by atoms with Gasteiger partial charge in [-0.05, 0) is 103 Å². The minimum absolute atomic E-state index is 0.00381. The second kappa shape index (κ2) is 25.8. The van der Waals surface area contributed by atoms with Gasteiger partial charge in [0.2, 0.25) is 41.4 Å². The molecule has 1 saturated heterocycles. The number of primary amides is 1. The number of nitrogens with one attached hydrogen (secondary N) is 5. The van der Waals surface area contributed by atoms with E-state index in [1.807, 2.05) is 0 Å². The van der Waals surface area contributed by atoms with Crippen LogP contribution in [0.3, 0.4) is 0 Å². The molecule has 20 nitrogen and oxygen atoms in total. The number of carbonyl (C=O) groups excluding carboxylic acids is 7. The highest BCUT2D eigenvalue weighted by atomic mass is 16.5. The van der Waals surface area contributed by atoms with E-state index in [1.54, 1.807) is 117 Å². The number of ether oxygens (including phenoxy) is 2. The lowest BCUT2D eigenvalue weighted by Crippen LogP contribution is -2.58. The van der Waals surface area contributed by atoms with Crippen molar-refractivity contribution in [2.45, 2.75) is 75.3 Å². The van der Waals surface area contributed by atoms with Crippen LogP contribution >= 0.6 is 0 Å². The van der Waals surface area contributed by atoms with Crippen molar-refractivity contribution in [3.8, 4) is 45.3 Å². The smallest absolute Gasteiger partial charge is 0.246 e. The molecule has 5 aromatic rings. The Bertz CT molecular complexity index is 2710. The monoisotopic (exact) mass is 1010 g/mol. The van der Waals surface area contributed by atoms with Crippen LogP contribution in [-0.2, 0) is 52.8 Å². The van der Waals surface area contributed by atoms with E-state index < -0.39 is 90.8 Å². The van der Waals surface area contributed by atoms with Gasteiger partial charge in [0.1, 0.15) is 53.2 Å². The molecule has 0 aromatic heterocycles. The van der Waals surface area contributed by atoms with Crippen molar-refractivity contribution in [3.05, 3.63) is 132 Å². The van der Waals surface area contributed by atoms with Crippen molar-refractivity contribution in [2.75, 3.05) is 33.9 Å². The molecule has 1 aliphatic rings. The van der Waals surface area contributed by atoms with Gasteiger partial charge in [-0.2, -0.15) is 0 Å². The highest BCUT2D eigenvalue weighted by Gasteiger charge is 2.39. The molecule has 5 aromatic carbocycles. The first-order chi connectivity index (χ1) is 35.5. The summed E-state index contributed by atoms with van der Waals surface area (Å²) in [7, 11) is 3.10. The molecule has 20 heteroatoms. The molecule has 12 N–H and O–H groups in total. The van der Waals surface area contributed by atoms with Crippen molar-refractivity contribution in [2.24, 2.45) is 11.5 Å². The largest absolute Gasteiger partial charge is 0.508 e. The van der Waals surface area contributed by atoms with Gasteiger partial charge in [-0.1, -0.05) is 66.7 Å². The summed E-state index contributed by atoms with van der Waals surface area (Å²) in [6.07, 6.45) is 0.567. The molecule has 74 heavy (non-hydrogen) atoms. The third kappa shape index (κ3) is 14.6. The van der Waals surface area contributed by atoms with E-state index >= 15 is 0 Å². The molecule has 7 amide bonds. The maximum Gasteiger partial charge on any atom is 0.246 e. The van der Waals surface area contributed by atoms with Crippen LogP contribution in [0.25, 0.3) is 22.3 Å². The van der Waals surface area contributed by atoms with Crippen molar-refractivity contribution in [1.82, 2.24) is 31.5 Å². The number of hydrogen-bond donors (Lipinski definition) is 10. The fraction of sp³-hybridized carbons (Fsp3) is 0.315. The number of aliphatic hydroxyl groups excluding tert-OH is 1. The number of amides is 7. The molecule has 1 aliphatic heterocycles. The first kappa shape index (κ1) is 54.8. The zero-order valence-electron chi connectivity index (χ0n) is 41.2. The Morgan fingerprint density at radius 1 is 0.662 bits per heavy atom. The number of nitrogens with two attached hydrogens (primary N) is 2. The number of aromatic hydroxyl groups is 2. The van der Waals surface area contributed by atoms with E-state index in [0.717, 1.165) is 0 Å². The summed E-state index contributed by atoms with van der Waals surface area (Å²) in [5.74, 6) is -4.05. The summed E-state index contributed by atoms with van der Waals surface area (Å²) in [6.45, 7) is 0.174. The molecule has 390 valence electrons. The lowest BCUT2D eigenvalue weighted by molar-refractivity contribution is -0.142. The highest BCUT2D eigenvalue weighted by molar-refractivity contribution is 5.97. The third-order valence-corrected chi connectivity index (χ3v) is 12.5. The summed E-state index contributed by atoms with van der Waals surface area (Å²) in [5, 5.41) is 43.8. The number of methoxy groups -OCH3 is 2. The quantitative estimate of drug-likeness (QED) is 0.0443. The maximum atomic E-state index is 14.1. The first-order valence-corrected chi connectivity index (χ1v) is 23.9. The van der Waals surface area contributed by atoms with Crippen LogP contribution in [0.2, 0.25) is 0 Å². The number of nitrogens with zero attached hydrogens (tertiary/aromatic N) is 1.